The molecule has 0 fully saturated rings. The number of hydrogen-bond donors (Lipinski definition) is 0. The highest BCUT2D eigenvalue weighted by atomic mass is 16.5. The topological polar surface area (TPSA) is 55.8 Å². The van der Waals surface area contributed by atoms with Crippen LogP contribution in [0.1, 0.15) is 54.5 Å². The number of hydrogen-bond acceptors (Lipinski definition) is 5. The predicted octanol–water partition coefficient (Wildman–Crippen LogP) is 9.99. The number of carbonyl (C=O) groups is 2. The van der Waals surface area contributed by atoms with Crippen molar-refractivity contribution in [2.24, 2.45) is 0 Å². The fraction of sp³-hybridized carbons (Fsp3) is 0.150. The van der Waals surface area contributed by atoms with Gasteiger partial charge in [-0.3, -0.25) is 9.59 Å². The number of benzene rings is 5. The Morgan fingerprint density at radius 3 is 1.24 bits per heavy atom. The monoisotopic (exact) mass is 595 g/mol. The van der Waals surface area contributed by atoms with Gasteiger partial charge in [0.25, 0.3) is 0 Å². The lowest BCUT2D eigenvalue weighted by atomic mass is 9.95. The number of esters is 2. The van der Waals surface area contributed by atoms with Crippen LogP contribution in [-0.2, 0) is 9.59 Å². The molecule has 45 heavy (non-hydrogen) atoms. The van der Waals surface area contributed by atoms with Crippen molar-refractivity contribution in [2.75, 3.05) is 4.90 Å². The van der Waals surface area contributed by atoms with E-state index in [9.17, 15) is 9.59 Å². The van der Waals surface area contributed by atoms with Crippen molar-refractivity contribution in [3.63, 3.8) is 0 Å². The zero-order valence-corrected chi connectivity index (χ0v) is 26.1. The molecule has 0 atom stereocenters. The van der Waals surface area contributed by atoms with E-state index >= 15 is 0 Å². The fourth-order valence-corrected chi connectivity index (χ4v) is 4.87. The van der Waals surface area contributed by atoms with Crippen molar-refractivity contribution in [2.45, 2.75) is 40.5 Å². The van der Waals surface area contributed by atoms with Crippen LogP contribution in [0.4, 0.5) is 17.1 Å². The second-order valence-corrected chi connectivity index (χ2v) is 10.9. The average Bonchev–Trinajstić information content (AvgIpc) is 3.07. The van der Waals surface area contributed by atoms with Gasteiger partial charge in [-0.25, -0.2) is 0 Å². The lowest BCUT2D eigenvalue weighted by Crippen LogP contribution is -2.09. The molecule has 0 bridgehead atoms. The standard InChI is InChI=1S/C40H37NO4/c1-5-39(42)44-36-23-13-31(14-24-36)38(32-15-25-37(26-16-32)45-40(43)6-2)27-30-11-21-35(22-12-30)41(33-17-7-28(3)8-18-33)34-19-9-29(4)10-20-34/h7-27H,5-6H2,1-4H3. The number of nitrogens with zero attached hydrogens (tertiary/aromatic N) is 1. The molecule has 5 rings (SSSR count). The second-order valence-electron chi connectivity index (χ2n) is 10.9. The number of ether oxygens (including phenoxy) is 2. The highest BCUT2D eigenvalue weighted by molar-refractivity contribution is 5.92. The van der Waals surface area contributed by atoms with E-state index in [-0.39, 0.29) is 11.9 Å². The Balaban J connectivity index is 1.52. The molecule has 0 aliphatic rings. The zero-order valence-electron chi connectivity index (χ0n) is 26.1. The van der Waals surface area contributed by atoms with Gasteiger partial charge < -0.3 is 14.4 Å². The molecular weight excluding hydrogens is 558 g/mol. The van der Waals surface area contributed by atoms with Crippen LogP contribution in [0.2, 0.25) is 0 Å². The van der Waals surface area contributed by atoms with Gasteiger partial charge in [0.15, 0.2) is 0 Å². The Bertz CT molecular complexity index is 1660. The minimum Gasteiger partial charge on any atom is -0.427 e. The SMILES string of the molecule is CCC(=O)Oc1ccc(C(=Cc2ccc(N(c3ccc(C)cc3)c3ccc(C)cc3)cc2)c2ccc(OC(=O)CC)cc2)cc1. The van der Waals surface area contributed by atoms with Gasteiger partial charge in [-0.1, -0.05) is 85.6 Å². The Kier molecular flexibility index (Phi) is 9.90. The van der Waals surface area contributed by atoms with Crippen LogP contribution >= 0.6 is 0 Å². The lowest BCUT2D eigenvalue weighted by Gasteiger charge is -2.26. The number of aryl methyl sites for hydroxylation is 2. The second kappa shape index (κ2) is 14.4. The lowest BCUT2D eigenvalue weighted by molar-refractivity contribution is -0.134. The molecule has 0 radical (unpaired) electrons. The Labute approximate surface area is 265 Å². The smallest absolute Gasteiger partial charge is 0.310 e. The third-order valence-corrected chi connectivity index (χ3v) is 7.42. The van der Waals surface area contributed by atoms with Gasteiger partial charge in [0, 0.05) is 29.9 Å². The molecule has 0 saturated carbocycles. The summed E-state index contributed by atoms with van der Waals surface area (Å²) in [6.45, 7) is 7.72. The summed E-state index contributed by atoms with van der Waals surface area (Å²) in [4.78, 5) is 25.9. The first-order valence-corrected chi connectivity index (χ1v) is 15.2. The molecule has 0 N–H and O–H groups in total. The van der Waals surface area contributed by atoms with Crippen molar-refractivity contribution in [1.29, 1.82) is 0 Å². The van der Waals surface area contributed by atoms with Gasteiger partial charge in [-0.15, -0.1) is 0 Å². The maximum Gasteiger partial charge on any atom is 0.310 e. The molecule has 5 aromatic carbocycles. The first-order valence-electron chi connectivity index (χ1n) is 15.2. The van der Waals surface area contributed by atoms with E-state index in [0.29, 0.717) is 24.3 Å². The molecule has 5 aromatic rings. The minimum absolute atomic E-state index is 0.277. The van der Waals surface area contributed by atoms with E-state index in [2.05, 4.69) is 97.6 Å². The minimum atomic E-state index is -0.277. The summed E-state index contributed by atoms with van der Waals surface area (Å²) in [5, 5.41) is 0. The first kappa shape index (κ1) is 31.0. The van der Waals surface area contributed by atoms with E-state index in [1.165, 1.54) is 11.1 Å². The van der Waals surface area contributed by atoms with Crippen molar-refractivity contribution in [3.8, 4) is 11.5 Å². The molecular formula is C40H37NO4. The van der Waals surface area contributed by atoms with E-state index in [1.807, 2.05) is 24.3 Å². The normalized spacial score (nSPS) is 10.6. The Hall–Kier alpha value is -5.42. The van der Waals surface area contributed by atoms with Crippen molar-refractivity contribution >= 4 is 40.6 Å². The van der Waals surface area contributed by atoms with E-state index in [0.717, 1.165) is 39.3 Å². The van der Waals surface area contributed by atoms with Crippen LogP contribution in [0, 0.1) is 13.8 Å². The van der Waals surface area contributed by atoms with Crippen LogP contribution in [-0.4, -0.2) is 11.9 Å². The molecule has 0 saturated heterocycles. The average molecular weight is 596 g/mol. The van der Waals surface area contributed by atoms with E-state index in [4.69, 9.17) is 9.47 Å². The Morgan fingerprint density at radius 1 is 0.533 bits per heavy atom. The molecule has 0 amide bonds. The van der Waals surface area contributed by atoms with Gasteiger partial charge in [-0.2, -0.15) is 0 Å². The molecule has 0 aromatic heterocycles. The van der Waals surface area contributed by atoms with Crippen LogP contribution in [0.3, 0.4) is 0 Å². The highest BCUT2D eigenvalue weighted by Gasteiger charge is 2.13. The van der Waals surface area contributed by atoms with Gasteiger partial charge in [-0.05, 0) is 103 Å². The molecule has 0 heterocycles. The van der Waals surface area contributed by atoms with E-state index < -0.39 is 0 Å². The number of rotatable bonds is 10. The Morgan fingerprint density at radius 2 is 0.889 bits per heavy atom. The van der Waals surface area contributed by atoms with Gasteiger partial charge in [0.1, 0.15) is 11.5 Å². The third kappa shape index (κ3) is 7.95. The number of carbonyl (C=O) groups excluding carboxylic acids is 2. The summed E-state index contributed by atoms with van der Waals surface area (Å²) in [6, 6.07) is 40.6. The van der Waals surface area contributed by atoms with Crippen LogP contribution in [0.15, 0.2) is 121 Å². The summed E-state index contributed by atoms with van der Waals surface area (Å²) >= 11 is 0. The highest BCUT2D eigenvalue weighted by Crippen LogP contribution is 2.36. The summed E-state index contributed by atoms with van der Waals surface area (Å²) < 4.78 is 10.8. The maximum absolute atomic E-state index is 11.8. The molecule has 0 aliphatic carbocycles. The molecule has 5 heteroatoms. The van der Waals surface area contributed by atoms with Crippen LogP contribution in [0.5, 0.6) is 11.5 Å². The zero-order chi connectivity index (χ0) is 31.8. The summed E-state index contributed by atoms with van der Waals surface area (Å²) in [7, 11) is 0. The molecule has 0 unspecified atom stereocenters. The number of anilines is 3. The molecule has 5 nitrogen and oxygen atoms in total. The predicted molar refractivity (Wildman–Crippen MR) is 182 cm³/mol. The van der Waals surface area contributed by atoms with Gasteiger partial charge >= 0.3 is 11.9 Å². The summed E-state index contributed by atoms with van der Waals surface area (Å²) in [6.07, 6.45) is 2.75. The van der Waals surface area contributed by atoms with Crippen LogP contribution in [0.25, 0.3) is 11.6 Å². The van der Waals surface area contributed by atoms with Gasteiger partial charge in [0.2, 0.25) is 0 Å². The molecule has 0 spiro atoms. The van der Waals surface area contributed by atoms with Crippen molar-refractivity contribution in [1.82, 2.24) is 0 Å². The largest absolute Gasteiger partial charge is 0.427 e. The molecule has 226 valence electrons. The fourth-order valence-electron chi connectivity index (χ4n) is 4.87. The van der Waals surface area contributed by atoms with Crippen molar-refractivity contribution < 1.29 is 19.1 Å². The quantitative estimate of drug-likeness (QED) is 0.0914. The summed E-state index contributed by atoms with van der Waals surface area (Å²) in [5.74, 6) is 0.453. The van der Waals surface area contributed by atoms with Crippen molar-refractivity contribution in [3.05, 3.63) is 149 Å². The maximum atomic E-state index is 11.8. The van der Waals surface area contributed by atoms with Crippen LogP contribution < -0.4 is 14.4 Å². The third-order valence-electron chi connectivity index (χ3n) is 7.42. The molecule has 0 aliphatic heterocycles. The summed E-state index contributed by atoms with van der Waals surface area (Å²) in [5.41, 5.74) is 9.53. The first-order chi connectivity index (χ1) is 21.8. The van der Waals surface area contributed by atoms with E-state index in [1.54, 1.807) is 38.1 Å². The van der Waals surface area contributed by atoms with Gasteiger partial charge in [0.05, 0.1) is 0 Å².